The van der Waals surface area contributed by atoms with Gasteiger partial charge in [0.05, 0.1) is 13.2 Å². The lowest BCUT2D eigenvalue weighted by Gasteiger charge is -2.52. The predicted octanol–water partition coefficient (Wildman–Crippen LogP) is 2.31. The van der Waals surface area contributed by atoms with Gasteiger partial charge in [0.1, 0.15) is 11.1 Å². The Morgan fingerprint density at radius 1 is 0.708 bits per heavy atom. The second-order valence-electron chi connectivity index (χ2n) is 6.49. The first kappa shape index (κ1) is 22.9. The van der Waals surface area contributed by atoms with Crippen LogP contribution in [-0.4, -0.2) is 74.2 Å². The van der Waals surface area contributed by atoms with Crippen LogP contribution in [0.1, 0.15) is 53.4 Å². The molecule has 0 saturated heterocycles. The minimum Gasteiger partial charge on any atom is -0.464 e. The zero-order valence-electron chi connectivity index (χ0n) is 16.8. The van der Waals surface area contributed by atoms with Crippen molar-refractivity contribution < 1.29 is 19.1 Å². The lowest BCUT2D eigenvalue weighted by atomic mass is 9.70. The molecule has 0 aliphatic heterocycles. The zero-order valence-corrected chi connectivity index (χ0v) is 16.8. The molecular formula is C18H36N2O4. The van der Waals surface area contributed by atoms with E-state index in [0.717, 1.165) is 12.8 Å². The number of carbonyl (C=O) groups is 2. The molecule has 0 aliphatic carbocycles. The van der Waals surface area contributed by atoms with Crippen LogP contribution in [-0.2, 0) is 19.1 Å². The first-order valence-electron chi connectivity index (χ1n) is 8.92. The van der Waals surface area contributed by atoms with Gasteiger partial charge in [-0.2, -0.15) is 0 Å². The summed E-state index contributed by atoms with van der Waals surface area (Å²) in [5.41, 5.74) is -2.24. The van der Waals surface area contributed by atoms with E-state index in [1.54, 1.807) is 0 Å². The molecule has 6 heteroatoms. The molecule has 0 spiro atoms. The van der Waals surface area contributed by atoms with Crippen LogP contribution >= 0.6 is 0 Å². The van der Waals surface area contributed by atoms with Crippen LogP contribution in [0.3, 0.4) is 0 Å². The molecule has 24 heavy (non-hydrogen) atoms. The molecule has 0 rings (SSSR count). The number of hydrogen-bond acceptors (Lipinski definition) is 6. The van der Waals surface area contributed by atoms with E-state index in [4.69, 9.17) is 9.47 Å². The maximum Gasteiger partial charge on any atom is 0.329 e. The van der Waals surface area contributed by atoms with Gasteiger partial charge in [0.2, 0.25) is 0 Å². The SMILES string of the molecule is CCCOC(=O)C(CC)(N(C)C)C(CC)(C(=O)OCCC)N(C)C. The van der Waals surface area contributed by atoms with Crippen LogP contribution in [0, 0.1) is 0 Å². The van der Waals surface area contributed by atoms with Crippen LogP contribution in [0.2, 0.25) is 0 Å². The second kappa shape index (κ2) is 9.99. The van der Waals surface area contributed by atoms with Gasteiger partial charge in [0, 0.05) is 0 Å². The molecule has 0 aromatic rings. The van der Waals surface area contributed by atoms with Crippen LogP contribution < -0.4 is 0 Å². The standard InChI is InChI=1S/C18H36N2O4/c1-9-13-23-15(21)17(11-3,19(5)6)18(12-4,20(7)8)16(22)24-14-10-2/h9-14H2,1-8H3. The van der Waals surface area contributed by atoms with Gasteiger partial charge in [-0.3, -0.25) is 9.80 Å². The number of nitrogens with zero attached hydrogens (tertiary/aromatic N) is 2. The summed E-state index contributed by atoms with van der Waals surface area (Å²) in [6, 6.07) is 0. The molecule has 0 aromatic carbocycles. The number of likely N-dealkylation sites (N-methyl/N-ethyl adjacent to an activating group) is 2. The lowest BCUT2D eigenvalue weighted by Crippen LogP contribution is -2.75. The van der Waals surface area contributed by atoms with E-state index in [2.05, 4.69) is 0 Å². The maximum absolute atomic E-state index is 13.1. The third-order valence-electron chi connectivity index (χ3n) is 4.78. The van der Waals surface area contributed by atoms with Crippen molar-refractivity contribution in [3.05, 3.63) is 0 Å². The normalized spacial score (nSPS) is 16.6. The Hall–Kier alpha value is -1.14. The summed E-state index contributed by atoms with van der Waals surface area (Å²) in [5.74, 6) is -0.748. The molecule has 142 valence electrons. The molecule has 2 atom stereocenters. The van der Waals surface area contributed by atoms with E-state index in [9.17, 15) is 9.59 Å². The average molecular weight is 344 g/mol. The van der Waals surface area contributed by atoms with Crippen LogP contribution in [0.5, 0.6) is 0 Å². The molecule has 0 aromatic heterocycles. The van der Waals surface area contributed by atoms with Gasteiger partial charge in [-0.15, -0.1) is 0 Å². The Balaban J connectivity index is 6.28. The highest BCUT2D eigenvalue weighted by Crippen LogP contribution is 2.39. The monoisotopic (exact) mass is 344 g/mol. The minimum absolute atomic E-state index is 0.339. The van der Waals surface area contributed by atoms with Crippen molar-refractivity contribution in [2.45, 2.75) is 64.5 Å². The highest BCUT2D eigenvalue weighted by molar-refractivity contribution is 5.94. The van der Waals surface area contributed by atoms with E-state index in [-0.39, 0.29) is 11.9 Å². The van der Waals surface area contributed by atoms with Gasteiger partial charge >= 0.3 is 11.9 Å². The number of ether oxygens (including phenoxy) is 2. The van der Waals surface area contributed by atoms with Gasteiger partial charge in [-0.25, -0.2) is 9.59 Å². The van der Waals surface area contributed by atoms with Crippen molar-refractivity contribution in [3.63, 3.8) is 0 Å². The zero-order chi connectivity index (χ0) is 19.0. The molecular weight excluding hydrogens is 308 g/mol. The van der Waals surface area contributed by atoms with Crippen molar-refractivity contribution in [2.75, 3.05) is 41.4 Å². The van der Waals surface area contributed by atoms with Crippen molar-refractivity contribution in [3.8, 4) is 0 Å². The average Bonchev–Trinajstić information content (AvgIpc) is 2.54. The largest absolute Gasteiger partial charge is 0.464 e. The summed E-state index contributed by atoms with van der Waals surface area (Å²) in [4.78, 5) is 29.8. The van der Waals surface area contributed by atoms with Crippen molar-refractivity contribution in [2.24, 2.45) is 0 Å². The Morgan fingerprint density at radius 2 is 1.00 bits per heavy atom. The smallest absolute Gasteiger partial charge is 0.329 e. The summed E-state index contributed by atoms with van der Waals surface area (Å²) < 4.78 is 11.0. The Morgan fingerprint density at radius 3 is 1.17 bits per heavy atom. The molecule has 6 nitrogen and oxygen atoms in total. The van der Waals surface area contributed by atoms with E-state index in [0.29, 0.717) is 26.1 Å². The molecule has 0 radical (unpaired) electrons. The summed E-state index contributed by atoms with van der Waals surface area (Å²) in [6.07, 6.45) is 2.35. The predicted molar refractivity (Wildman–Crippen MR) is 95.9 cm³/mol. The number of rotatable bonds is 11. The molecule has 0 amide bonds. The quantitative estimate of drug-likeness (QED) is 0.536. The molecule has 0 aliphatic rings. The third-order valence-corrected chi connectivity index (χ3v) is 4.78. The molecule has 0 N–H and O–H groups in total. The van der Waals surface area contributed by atoms with E-state index in [1.807, 2.05) is 65.7 Å². The first-order chi connectivity index (χ1) is 11.2. The van der Waals surface area contributed by atoms with Gasteiger partial charge in [0.25, 0.3) is 0 Å². The third kappa shape index (κ3) is 3.91. The summed E-state index contributed by atoms with van der Waals surface area (Å²) in [5, 5.41) is 0. The van der Waals surface area contributed by atoms with E-state index in [1.165, 1.54) is 0 Å². The number of hydrogen-bond donors (Lipinski definition) is 0. The summed E-state index contributed by atoms with van der Waals surface area (Å²) in [6.45, 7) is 8.40. The Kier molecular flexibility index (Phi) is 9.51. The van der Waals surface area contributed by atoms with E-state index < -0.39 is 11.1 Å². The lowest BCUT2D eigenvalue weighted by molar-refractivity contribution is -0.185. The van der Waals surface area contributed by atoms with Crippen molar-refractivity contribution in [1.82, 2.24) is 9.80 Å². The number of esters is 2. The Labute approximate surface area is 147 Å². The van der Waals surface area contributed by atoms with E-state index >= 15 is 0 Å². The highest BCUT2D eigenvalue weighted by Gasteiger charge is 2.63. The van der Waals surface area contributed by atoms with Crippen LogP contribution in [0.4, 0.5) is 0 Å². The second-order valence-corrected chi connectivity index (χ2v) is 6.49. The van der Waals surface area contributed by atoms with Crippen LogP contribution in [0.15, 0.2) is 0 Å². The Bertz CT molecular complexity index is 374. The molecule has 0 bridgehead atoms. The van der Waals surface area contributed by atoms with Gasteiger partial charge in [-0.1, -0.05) is 27.7 Å². The maximum atomic E-state index is 13.1. The highest BCUT2D eigenvalue weighted by atomic mass is 16.5. The molecule has 0 heterocycles. The van der Waals surface area contributed by atoms with Gasteiger partial charge in [0.15, 0.2) is 0 Å². The fourth-order valence-electron chi connectivity index (χ4n) is 3.58. The summed E-state index contributed by atoms with van der Waals surface area (Å²) >= 11 is 0. The van der Waals surface area contributed by atoms with Crippen molar-refractivity contribution in [1.29, 1.82) is 0 Å². The topological polar surface area (TPSA) is 59.1 Å². The van der Waals surface area contributed by atoms with Gasteiger partial charge < -0.3 is 9.47 Å². The fourth-order valence-corrected chi connectivity index (χ4v) is 3.58. The van der Waals surface area contributed by atoms with Crippen molar-refractivity contribution >= 4 is 11.9 Å². The van der Waals surface area contributed by atoms with Gasteiger partial charge in [-0.05, 0) is 53.9 Å². The molecule has 0 saturated carbocycles. The molecule has 2 unspecified atom stereocenters. The minimum atomic E-state index is -1.12. The van der Waals surface area contributed by atoms with Crippen LogP contribution in [0.25, 0.3) is 0 Å². The number of carbonyl (C=O) groups excluding carboxylic acids is 2. The fraction of sp³-hybridized carbons (Fsp3) is 0.889. The first-order valence-corrected chi connectivity index (χ1v) is 8.92. The summed E-state index contributed by atoms with van der Waals surface area (Å²) in [7, 11) is 7.27. The molecule has 0 fully saturated rings.